The largest absolute Gasteiger partial charge is 0.0922 e. The van der Waals surface area contributed by atoms with Crippen molar-refractivity contribution in [3.05, 3.63) is 11.6 Å². The summed E-state index contributed by atoms with van der Waals surface area (Å²) in [6, 6.07) is 0. The average molecular weight is 215 g/mol. The Labute approximate surface area is 77.2 Å². The highest BCUT2D eigenvalue weighted by atomic mass is 79.9. The van der Waals surface area contributed by atoms with Gasteiger partial charge in [-0.25, -0.2) is 0 Å². The Balaban J connectivity index is 2.13. The first kappa shape index (κ1) is 7.85. The summed E-state index contributed by atoms with van der Waals surface area (Å²) in [6.45, 7) is 0. The van der Waals surface area contributed by atoms with Gasteiger partial charge in [0.15, 0.2) is 0 Å². The van der Waals surface area contributed by atoms with E-state index < -0.39 is 0 Å². The van der Waals surface area contributed by atoms with Crippen LogP contribution in [0, 0.1) is 11.8 Å². The fourth-order valence-electron chi connectivity index (χ4n) is 2.51. The van der Waals surface area contributed by atoms with Crippen LogP contribution in [0.3, 0.4) is 0 Å². The van der Waals surface area contributed by atoms with E-state index in [1.165, 1.54) is 37.4 Å². The maximum atomic E-state index is 3.60. The number of alkyl halides is 1. The van der Waals surface area contributed by atoms with E-state index in [2.05, 4.69) is 22.0 Å². The first-order chi connectivity index (χ1) is 5.42. The number of halogens is 1. The summed E-state index contributed by atoms with van der Waals surface area (Å²) in [5, 5.41) is 1.19. The van der Waals surface area contributed by atoms with E-state index in [0.717, 1.165) is 11.8 Å². The third-order valence-electron chi connectivity index (χ3n) is 3.13. The number of fused-ring (bicyclic) bond motifs is 1. The van der Waals surface area contributed by atoms with Gasteiger partial charge in [0, 0.05) is 5.33 Å². The molecule has 0 N–H and O–H groups in total. The van der Waals surface area contributed by atoms with Crippen molar-refractivity contribution in [1.29, 1.82) is 0 Å². The van der Waals surface area contributed by atoms with E-state index in [9.17, 15) is 0 Å². The Morgan fingerprint density at radius 3 is 3.09 bits per heavy atom. The maximum Gasteiger partial charge on any atom is 0.00970 e. The van der Waals surface area contributed by atoms with Gasteiger partial charge in [0.1, 0.15) is 0 Å². The van der Waals surface area contributed by atoms with Gasteiger partial charge in [-0.2, -0.15) is 0 Å². The quantitative estimate of drug-likeness (QED) is 0.463. The Morgan fingerprint density at radius 2 is 2.27 bits per heavy atom. The summed E-state index contributed by atoms with van der Waals surface area (Å²) in [5.41, 5.74) is 1.79. The normalized spacial score (nSPS) is 36.6. The van der Waals surface area contributed by atoms with Crippen LogP contribution in [0.4, 0.5) is 0 Å². The van der Waals surface area contributed by atoms with Crippen LogP contribution in [-0.4, -0.2) is 5.33 Å². The van der Waals surface area contributed by atoms with Crippen LogP contribution in [0.1, 0.15) is 32.1 Å². The lowest BCUT2D eigenvalue weighted by molar-refractivity contribution is 0.525. The van der Waals surface area contributed by atoms with E-state index in [-0.39, 0.29) is 0 Å². The Kier molecular flexibility index (Phi) is 2.36. The van der Waals surface area contributed by atoms with Gasteiger partial charge in [-0.3, -0.25) is 0 Å². The number of hydrogen-bond acceptors (Lipinski definition) is 0. The van der Waals surface area contributed by atoms with E-state index >= 15 is 0 Å². The molecule has 0 heterocycles. The molecule has 1 heteroatoms. The molecular formula is C10H15Br. The molecule has 2 atom stereocenters. The van der Waals surface area contributed by atoms with E-state index in [4.69, 9.17) is 0 Å². The van der Waals surface area contributed by atoms with Crippen LogP contribution in [0.15, 0.2) is 11.6 Å². The van der Waals surface area contributed by atoms with Gasteiger partial charge in [-0.05, 0) is 43.9 Å². The summed E-state index contributed by atoms with van der Waals surface area (Å²) >= 11 is 3.60. The van der Waals surface area contributed by atoms with Gasteiger partial charge < -0.3 is 0 Å². The molecule has 1 fully saturated rings. The SMILES string of the molecule is BrCC1CCC2CCCC=C12. The van der Waals surface area contributed by atoms with Crippen LogP contribution in [0.2, 0.25) is 0 Å². The molecule has 0 radical (unpaired) electrons. The van der Waals surface area contributed by atoms with Gasteiger partial charge >= 0.3 is 0 Å². The molecule has 62 valence electrons. The van der Waals surface area contributed by atoms with Crippen molar-refractivity contribution in [2.24, 2.45) is 11.8 Å². The zero-order chi connectivity index (χ0) is 7.68. The van der Waals surface area contributed by atoms with Crippen molar-refractivity contribution in [2.75, 3.05) is 5.33 Å². The Morgan fingerprint density at radius 1 is 1.36 bits per heavy atom. The Hall–Kier alpha value is 0.220. The molecule has 0 aromatic heterocycles. The molecule has 0 spiro atoms. The highest BCUT2D eigenvalue weighted by Crippen LogP contribution is 2.42. The molecule has 2 unspecified atom stereocenters. The molecule has 0 aromatic rings. The monoisotopic (exact) mass is 214 g/mol. The molecule has 2 aliphatic rings. The second kappa shape index (κ2) is 3.30. The first-order valence-corrected chi connectivity index (χ1v) is 5.80. The fourth-order valence-corrected chi connectivity index (χ4v) is 3.21. The topological polar surface area (TPSA) is 0 Å². The van der Waals surface area contributed by atoms with Crippen LogP contribution >= 0.6 is 15.9 Å². The van der Waals surface area contributed by atoms with E-state index in [1.54, 1.807) is 5.57 Å². The first-order valence-electron chi connectivity index (χ1n) is 4.67. The van der Waals surface area contributed by atoms with Gasteiger partial charge in [-0.1, -0.05) is 27.6 Å². The fraction of sp³-hybridized carbons (Fsp3) is 0.800. The summed E-state index contributed by atoms with van der Waals surface area (Å²) in [5.74, 6) is 1.87. The van der Waals surface area contributed by atoms with E-state index in [0.29, 0.717) is 0 Å². The summed E-state index contributed by atoms with van der Waals surface area (Å²) in [7, 11) is 0. The minimum absolute atomic E-state index is 0.889. The standard InChI is InChI=1S/C10H15Br/c11-7-9-6-5-8-3-1-2-4-10(8)9/h4,8-9H,1-3,5-7H2. The van der Waals surface area contributed by atoms with Crippen LogP contribution < -0.4 is 0 Å². The Bertz CT molecular complexity index is 172. The lowest BCUT2D eigenvalue weighted by Crippen LogP contribution is -2.07. The van der Waals surface area contributed by atoms with Crippen LogP contribution in [0.5, 0.6) is 0 Å². The number of allylic oxidation sites excluding steroid dienone is 2. The molecule has 0 aliphatic heterocycles. The molecule has 0 bridgehead atoms. The van der Waals surface area contributed by atoms with Gasteiger partial charge in [0.25, 0.3) is 0 Å². The average Bonchev–Trinajstić information content (AvgIpc) is 2.47. The van der Waals surface area contributed by atoms with Crippen molar-refractivity contribution in [1.82, 2.24) is 0 Å². The molecule has 1 saturated carbocycles. The van der Waals surface area contributed by atoms with Crippen molar-refractivity contribution in [3.8, 4) is 0 Å². The molecular weight excluding hydrogens is 200 g/mol. The third-order valence-corrected chi connectivity index (χ3v) is 3.91. The molecule has 0 nitrogen and oxygen atoms in total. The second-order valence-corrected chi connectivity index (χ2v) is 4.41. The van der Waals surface area contributed by atoms with Crippen molar-refractivity contribution >= 4 is 15.9 Å². The minimum Gasteiger partial charge on any atom is -0.0922 e. The molecule has 0 saturated heterocycles. The predicted octanol–water partition coefficient (Wildman–Crippen LogP) is 3.52. The highest BCUT2D eigenvalue weighted by Gasteiger charge is 2.30. The number of hydrogen-bond donors (Lipinski definition) is 0. The zero-order valence-electron chi connectivity index (χ0n) is 6.85. The highest BCUT2D eigenvalue weighted by molar-refractivity contribution is 9.09. The smallest absolute Gasteiger partial charge is 0.00970 e. The molecule has 0 amide bonds. The lowest BCUT2D eigenvalue weighted by atomic mass is 9.88. The van der Waals surface area contributed by atoms with Gasteiger partial charge in [0.2, 0.25) is 0 Å². The lowest BCUT2D eigenvalue weighted by Gasteiger charge is -2.19. The minimum atomic E-state index is 0.889. The summed E-state index contributed by atoms with van der Waals surface area (Å²) in [6.07, 6.45) is 9.64. The number of rotatable bonds is 1. The van der Waals surface area contributed by atoms with Gasteiger partial charge in [0.05, 0.1) is 0 Å². The van der Waals surface area contributed by atoms with Crippen molar-refractivity contribution < 1.29 is 0 Å². The van der Waals surface area contributed by atoms with Crippen LogP contribution in [-0.2, 0) is 0 Å². The second-order valence-electron chi connectivity index (χ2n) is 3.76. The zero-order valence-corrected chi connectivity index (χ0v) is 8.44. The molecule has 2 rings (SSSR count). The summed E-state index contributed by atoms with van der Waals surface area (Å²) < 4.78 is 0. The molecule has 11 heavy (non-hydrogen) atoms. The predicted molar refractivity (Wildman–Crippen MR) is 51.9 cm³/mol. The van der Waals surface area contributed by atoms with Crippen molar-refractivity contribution in [2.45, 2.75) is 32.1 Å². The van der Waals surface area contributed by atoms with E-state index in [1.807, 2.05) is 0 Å². The summed E-state index contributed by atoms with van der Waals surface area (Å²) in [4.78, 5) is 0. The molecule has 0 aromatic carbocycles. The molecule has 2 aliphatic carbocycles. The van der Waals surface area contributed by atoms with Gasteiger partial charge in [-0.15, -0.1) is 0 Å². The van der Waals surface area contributed by atoms with Crippen molar-refractivity contribution in [3.63, 3.8) is 0 Å². The third kappa shape index (κ3) is 1.40. The van der Waals surface area contributed by atoms with Crippen LogP contribution in [0.25, 0.3) is 0 Å². The maximum absolute atomic E-state index is 3.60.